The highest BCUT2D eigenvalue weighted by Gasteiger charge is 2.03. The molecular weight excluding hydrogens is 170 g/mol. The van der Waals surface area contributed by atoms with Crippen molar-refractivity contribution < 1.29 is 14.3 Å². The highest BCUT2D eigenvalue weighted by Crippen LogP contribution is 2.14. The van der Waals surface area contributed by atoms with E-state index in [0.29, 0.717) is 11.3 Å². The predicted octanol–water partition coefficient (Wildman–Crippen LogP) is 1.45. The second kappa shape index (κ2) is 2.90. The van der Waals surface area contributed by atoms with E-state index in [1.165, 1.54) is 12.5 Å². The second-order valence-electron chi connectivity index (χ2n) is 2.73. The molecule has 2 aromatic rings. The Hall–Kier alpha value is -1.84. The average Bonchev–Trinajstić information content (AvgIpc) is 2.49. The van der Waals surface area contributed by atoms with E-state index in [1.807, 2.05) is 0 Å². The van der Waals surface area contributed by atoms with Crippen molar-refractivity contribution in [2.75, 3.05) is 0 Å². The van der Waals surface area contributed by atoms with Crippen molar-refractivity contribution in [3.8, 4) is 0 Å². The molecule has 0 atom stereocenters. The molecule has 4 heteroatoms. The molecule has 0 aliphatic carbocycles. The molecule has 0 aliphatic rings. The van der Waals surface area contributed by atoms with Gasteiger partial charge in [-0.3, -0.25) is 4.79 Å². The van der Waals surface area contributed by atoms with Crippen LogP contribution in [0.2, 0.25) is 0 Å². The van der Waals surface area contributed by atoms with Gasteiger partial charge in [-0.05, 0) is 17.7 Å². The Kier molecular flexibility index (Phi) is 1.73. The van der Waals surface area contributed by atoms with Gasteiger partial charge < -0.3 is 9.52 Å². The molecule has 13 heavy (non-hydrogen) atoms. The van der Waals surface area contributed by atoms with Crippen LogP contribution in [0.1, 0.15) is 5.56 Å². The van der Waals surface area contributed by atoms with Crippen molar-refractivity contribution in [2.24, 2.45) is 0 Å². The number of carbonyl (C=O) groups is 1. The number of carboxylic acid groups (broad SMARTS) is 1. The topological polar surface area (TPSA) is 63.3 Å². The number of aromatic nitrogens is 1. The average molecular weight is 177 g/mol. The fourth-order valence-corrected chi connectivity index (χ4v) is 1.18. The Labute approximate surface area is 73.8 Å². The minimum Gasteiger partial charge on any atom is -0.481 e. The number of fused-ring (bicyclic) bond motifs is 1. The minimum atomic E-state index is -0.857. The van der Waals surface area contributed by atoms with Crippen LogP contribution in [0, 0.1) is 0 Å². The van der Waals surface area contributed by atoms with Crippen LogP contribution in [0.15, 0.2) is 29.0 Å². The lowest BCUT2D eigenvalue weighted by Gasteiger charge is -1.94. The Morgan fingerprint density at radius 1 is 1.62 bits per heavy atom. The number of hydrogen-bond donors (Lipinski definition) is 1. The maximum Gasteiger partial charge on any atom is 0.307 e. The summed E-state index contributed by atoms with van der Waals surface area (Å²) in [4.78, 5) is 14.4. The molecule has 0 saturated heterocycles. The zero-order chi connectivity index (χ0) is 9.26. The first kappa shape index (κ1) is 7.79. The van der Waals surface area contributed by atoms with Crippen molar-refractivity contribution in [1.29, 1.82) is 0 Å². The zero-order valence-electron chi connectivity index (χ0n) is 6.73. The van der Waals surface area contributed by atoms with Gasteiger partial charge in [-0.2, -0.15) is 0 Å². The minimum absolute atomic E-state index is 0.00583. The molecule has 2 heterocycles. The highest BCUT2D eigenvalue weighted by molar-refractivity contribution is 5.76. The molecule has 0 fully saturated rings. The van der Waals surface area contributed by atoms with Gasteiger partial charge in [0, 0.05) is 11.6 Å². The third-order valence-electron chi connectivity index (χ3n) is 1.72. The monoisotopic (exact) mass is 177 g/mol. The Morgan fingerprint density at radius 3 is 3.23 bits per heavy atom. The number of rotatable bonds is 2. The molecule has 0 bridgehead atoms. The third kappa shape index (κ3) is 1.51. The van der Waals surface area contributed by atoms with Crippen molar-refractivity contribution >= 4 is 17.1 Å². The van der Waals surface area contributed by atoms with E-state index in [9.17, 15) is 4.79 Å². The molecule has 0 spiro atoms. The highest BCUT2D eigenvalue weighted by atomic mass is 16.4. The normalized spacial score (nSPS) is 10.5. The van der Waals surface area contributed by atoms with Gasteiger partial charge in [-0.15, -0.1) is 0 Å². The van der Waals surface area contributed by atoms with Crippen LogP contribution in [-0.2, 0) is 11.2 Å². The van der Waals surface area contributed by atoms with Gasteiger partial charge in [0.2, 0.25) is 5.71 Å². The van der Waals surface area contributed by atoms with Crippen LogP contribution in [0.4, 0.5) is 0 Å². The number of furan rings is 1. The number of aliphatic carboxylic acids is 1. The summed E-state index contributed by atoms with van der Waals surface area (Å²) in [5, 5.41) is 9.37. The Bertz CT molecular complexity index is 447. The Morgan fingerprint density at radius 2 is 2.46 bits per heavy atom. The number of pyridine rings is 1. The molecule has 0 aromatic carbocycles. The molecular formula is C9H7NO3. The fourth-order valence-electron chi connectivity index (χ4n) is 1.18. The SMILES string of the molecule is O=C(O)Cc1cnc2occc2c1. The summed E-state index contributed by atoms with van der Waals surface area (Å²) in [6.45, 7) is 0. The largest absolute Gasteiger partial charge is 0.481 e. The quantitative estimate of drug-likeness (QED) is 0.754. The smallest absolute Gasteiger partial charge is 0.307 e. The molecule has 0 saturated carbocycles. The summed E-state index contributed by atoms with van der Waals surface area (Å²) in [6.07, 6.45) is 3.04. The van der Waals surface area contributed by atoms with E-state index in [2.05, 4.69) is 4.98 Å². The lowest BCUT2D eigenvalue weighted by molar-refractivity contribution is -0.136. The molecule has 2 aromatic heterocycles. The lowest BCUT2D eigenvalue weighted by atomic mass is 10.2. The predicted molar refractivity (Wildman–Crippen MR) is 45.3 cm³/mol. The maximum absolute atomic E-state index is 10.4. The summed E-state index contributed by atoms with van der Waals surface area (Å²) in [7, 11) is 0. The first-order chi connectivity index (χ1) is 6.25. The van der Waals surface area contributed by atoms with Crippen molar-refractivity contribution in [1.82, 2.24) is 4.98 Å². The summed E-state index contributed by atoms with van der Waals surface area (Å²) >= 11 is 0. The third-order valence-corrected chi connectivity index (χ3v) is 1.72. The standard InChI is InChI=1S/C9H7NO3/c11-8(12)4-6-3-7-1-2-13-9(7)10-5-6/h1-3,5H,4H2,(H,11,12). The lowest BCUT2D eigenvalue weighted by Crippen LogP contribution is -1.99. The maximum atomic E-state index is 10.4. The van der Waals surface area contributed by atoms with Crippen LogP contribution in [0.5, 0.6) is 0 Å². The van der Waals surface area contributed by atoms with Crippen LogP contribution < -0.4 is 0 Å². The van der Waals surface area contributed by atoms with Crippen molar-refractivity contribution in [2.45, 2.75) is 6.42 Å². The number of hydrogen-bond acceptors (Lipinski definition) is 3. The van der Waals surface area contributed by atoms with Gasteiger partial charge >= 0.3 is 5.97 Å². The number of carboxylic acids is 1. The summed E-state index contributed by atoms with van der Waals surface area (Å²) in [5.41, 5.74) is 1.22. The van der Waals surface area contributed by atoms with E-state index in [-0.39, 0.29) is 6.42 Å². The van der Waals surface area contributed by atoms with Crippen LogP contribution in [-0.4, -0.2) is 16.1 Å². The van der Waals surface area contributed by atoms with Gasteiger partial charge in [0.15, 0.2) is 0 Å². The molecule has 0 unspecified atom stereocenters. The van der Waals surface area contributed by atoms with Gasteiger partial charge in [0.1, 0.15) is 0 Å². The van der Waals surface area contributed by atoms with E-state index in [4.69, 9.17) is 9.52 Å². The summed E-state index contributed by atoms with van der Waals surface area (Å²) in [5.74, 6) is -0.857. The molecule has 0 radical (unpaired) electrons. The van der Waals surface area contributed by atoms with E-state index >= 15 is 0 Å². The summed E-state index contributed by atoms with van der Waals surface area (Å²) in [6, 6.07) is 3.52. The van der Waals surface area contributed by atoms with Gasteiger partial charge in [-0.1, -0.05) is 0 Å². The molecule has 4 nitrogen and oxygen atoms in total. The van der Waals surface area contributed by atoms with Gasteiger partial charge in [-0.25, -0.2) is 4.98 Å². The number of nitrogens with zero attached hydrogens (tertiary/aromatic N) is 1. The van der Waals surface area contributed by atoms with E-state index < -0.39 is 5.97 Å². The van der Waals surface area contributed by atoms with E-state index in [1.54, 1.807) is 12.1 Å². The van der Waals surface area contributed by atoms with Crippen LogP contribution in [0.3, 0.4) is 0 Å². The zero-order valence-corrected chi connectivity index (χ0v) is 6.73. The molecule has 2 rings (SSSR count). The van der Waals surface area contributed by atoms with Crippen LogP contribution in [0.25, 0.3) is 11.1 Å². The first-order valence-corrected chi connectivity index (χ1v) is 3.79. The van der Waals surface area contributed by atoms with Crippen LogP contribution >= 0.6 is 0 Å². The molecule has 0 amide bonds. The van der Waals surface area contributed by atoms with Gasteiger partial charge in [0.05, 0.1) is 12.7 Å². The van der Waals surface area contributed by atoms with Gasteiger partial charge in [0.25, 0.3) is 0 Å². The second-order valence-corrected chi connectivity index (χ2v) is 2.73. The molecule has 66 valence electrons. The van der Waals surface area contributed by atoms with Crippen molar-refractivity contribution in [3.05, 3.63) is 30.2 Å². The molecule has 1 N–H and O–H groups in total. The van der Waals surface area contributed by atoms with Crippen molar-refractivity contribution in [3.63, 3.8) is 0 Å². The fraction of sp³-hybridized carbons (Fsp3) is 0.111. The molecule has 0 aliphatic heterocycles. The van der Waals surface area contributed by atoms with E-state index in [0.717, 1.165) is 5.39 Å². The summed E-state index contributed by atoms with van der Waals surface area (Å²) < 4.78 is 5.02. The first-order valence-electron chi connectivity index (χ1n) is 3.79. The Balaban J connectivity index is 2.42.